The summed E-state index contributed by atoms with van der Waals surface area (Å²) in [5.74, 6) is 0.775. The number of nitrogens with zero attached hydrogens (tertiary/aromatic N) is 1. The Kier molecular flexibility index (Phi) is 2.90. The van der Waals surface area contributed by atoms with Crippen molar-refractivity contribution >= 4 is 0 Å². The molecule has 1 heterocycles. The van der Waals surface area contributed by atoms with Gasteiger partial charge in [0.25, 0.3) is 0 Å². The second kappa shape index (κ2) is 3.55. The van der Waals surface area contributed by atoms with Crippen LogP contribution in [0.25, 0.3) is 0 Å². The third-order valence-electron chi connectivity index (χ3n) is 2.94. The summed E-state index contributed by atoms with van der Waals surface area (Å²) in [7, 11) is 2.20. The lowest BCUT2D eigenvalue weighted by Gasteiger charge is -2.27. The summed E-state index contributed by atoms with van der Waals surface area (Å²) in [6.45, 7) is 5.40. The monoisotopic (exact) mass is 156 g/mol. The van der Waals surface area contributed by atoms with Crippen molar-refractivity contribution in [1.82, 2.24) is 4.90 Å². The Morgan fingerprint density at radius 2 is 2.09 bits per heavy atom. The molecule has 2 N–H and O–H groups in total. The normalized spacial score (nSPS) is 33.5. The first-order chi connectivity index (χ1) is 5.16. The highest BCUT2D eigenvalue weighted by molar-refractivity contribution is 4.87. The van der Waals surface area contributed by atoms with E-state index in [1.807, 2.05) is 0 Å². The molecule has 0 unspecified atom stereocenters. The molecule has 0 radical (unpaired) electrons. The summed E-state index contributed by atoms with van der Waals surface area (Å²) in [5, 5.41) is 0. The van der Waals surface area contributed by atoms with Crippen molar-refractivity contribution in [3.05, 3.63) is 0 Å². The molecule has 1 aliphatic rings. The van der Waals surface area contributed by atoms with Crippen LogP contribution in [-0.2, 0) is 0 Å². The molecule has 0 saturated carbocycles. The number of hydrogen-bond donors (Lipinski definition) is 1. The Balaban J connectivity index is 2.48. The molecule has 0 aromatic heterocycles. The Labute approximate surface area is 69.8 Å². The third kappa shape index (κ3) is 1.74. The standard InChI is InChI=1S/C9H20N2/c1-7(2)9-5-4-8(6-10)11(9)3/h7-9H,4-6,10H2,1-3H3/t8-,9+/m0/s1. The molecule has 0 spiro atoms. The van der Waals surface area contributed by atoms with Crippen molar-refractivity contribution in [3.63, 3.8) is 0 Å². The molecular weight excluding hydrogens is 136 g/mol. The molecule has 0 aliphatic carbocycles. The van der Waals surface area contributed by atoms with Gasteiger partial charge in [-0.25, -0.2) is 0 Å². The summed E-state index contributed by atoms with van der Waals surface area (Å²) < 4.78 is 0. The maximum Gasteiger partial charge on any atom is 0.0218 e. The van der Waals surface area contributed by atoms with E-state index >= 15 is 0 Å². The van der Waals surface area contributed by atoms with Gasteiger partial charge in [0.15, 0.2) is 0 Å². The summed E-state index contributed by atoms with van der Waals surface area (Å²) in [6, 6.07) is 1.41. The minimum atomic E-state index is 0.641. The van der Waals surface area contributed by atoms with Gasteiger partial charge in [0.1, 0.15) is 0 Å². The molecule has 0 bridgehead atoms. The fourth-order valence-electron chi connectivity index (χ4n) is 2.13. The fourth-order valence-corrected chi connectivity index (χ4v) is 2.13. The molecule has 0 aromatic carbocycles. The highest BCUT2D eigenvalue weighted by Gasteiger charge is 2.30. The summed E-state index contributed by atoms with van der Waals surface area (Å²) in [4.78, 5) is 2.45. The van der Waals surface area contributed by atoms with Crippen LogP contribution in [0.4, 0.5) is 0 Å². The minimum absolute atomic E-state index is 0.641. The molecule has 1 aliphatic heterocycles. The van der Waals surface area contributed by atoms with Crippen LogP contribution >= 0.6 is 0 Å². The molecule has 1 fully saturated rings. The highest BCUT2D eigenvalue weighted by atomic mass is 15.2. The van der Waals surface area contributed by atoms with E-state index in [9.17, 15) is 0 Å². The van der Waals surface area contributed by atoms with Crippen LogP contribution in [0.5, 0.6) is 0 Å². The van der Waals surface area contributed by atoms with Crippen LogP contribution in [-0.4, -0.2) is 30.6 Å². The summed E-state index contributed by atoms with van der Waals surface area (Å²) >= 11 is 0. The van der Waals surface area contributed by atoms with Gasteiger partial charge in [-0.1, -0.05) is 13.8 Å². The van der Waals surface area contributed by atoms with E-state index in [1.165, 1.54) is 12.8 Å². The van der Waals surface area contributed by atoms with Gasteiger partial charge in [0.05, 0.1) is 0 Å². The molecular formula is C9H20N2. The molecule has 2 nitrogen and oxygen atoms in total. The molecule has 1 rings (SSSR count). The predicted molar refractivity (Wildman–Crippen MR) is 48.5 cm³/mol. The van der Waals surface area contributed by atoms with Gasteiger partial charge in [-0.2, -0.15) is 0 Å². The Hall–Kier alpha value is -0.0800. The van der Waals surface area contributed by atoms with Gasteiger partial charge in [-0.15, -0.1) is 0 Å². The zero-order valence-electron chi connectivity index (χ0n) is 7.88. The van der Waals surface area contributed by atoms with Gasteiger partial charge in [-0.05, 0) is 25.8 Å². The summed E-state index contributed by atoms with van der Waals surface area (Å²) in [5.41, 5.74) is 5.64. The van der Waals surface area contributed by atoms with Crippen LogP contribution < -0.4 is 5.73 Å². The maximum atomic E-state index is 5.64. The number of nitrogens with two attached hydrogens (primary N) is 1. The molecule has 0 amide bonds. The average Bonchev–Trinajstić information content (AvgIpc) is 2.30. The van der Waals surface area contributed by atoms with E-state index in [2.05, 4.69) is 25.8 Å². The van der Waals surface area contributed by atoms with Crippen LogP contribution in [0.1, 0.15) is 26.7 Å². The topological polar surface area (TPSA) is 29.3 Å². The second-order valence-electron chi connectivity index (χ2n) is 3.94. The molecule has 66 valence electrons. The molecule has 1 saturated heterocycles. The van der Waals surface area contributed by atoms with Crippen LogP contribution in [0.2, 0.25) is 0 Å². The number of likely N-dealkylation sites (tertiary alicyclic amines) is 1. The molecule has 2 heteroatoms. The molecule has 2 atom stereocenters. The smallest absolute Gasteiger partial charge is 0.0218 e. The van der Waals surface area contributed by atoms with E-state index in [1.54, 1.807) is 0 Å². The van der Waals surface area contributed by atoms with Crippen LogP contribution in [0.15, 0.2) is 0 Å². The SMILES string of the molecule is CC(C)[C@H]1CC[C@@H](CN)N1C. The Morgan fingerprint density at radius 1 is 1.45 bits per heavy atom. The third-order valence-corrected chi connectivity index (χ3v) is 2.94. The van der Waals surface area contributed by atoms with Crippen LogP contribution in [0.3, 0.4) is 0 Å². The van der Waals surface area contributed by atoms with Gasteiger partial charge >= 0.3 is 0 Å². The largest absolute Gasteiger partial charge is 0.329 e. The first-order valence-electron chi connectivity index (χ1n) is 4.58. The first kappa shape index (κ1) is 9.01. The quantitative estimate of drug-likeness (QED) is 0.648. The zero-order valence-corrected chi connectivity index (χ0v) is 7.88. The lowest BCUT2D eigenvalue weighted by molar-refractivity contribution is 0.202. The van der Waals surface area contributed by atoms with E-state index in [0.717, 1.165) is 18.5 Å². The number of hydrogen-bond acceptors (Lipinski definition) is 2. The Bertz CT molecular complexity index is 123. The van der Waals surface area contributed by atoms with Crippen molar-refractivity contribution in [2.75, 3.05) is 13.6 Å². The predicted octanol–water partition coefficient (Wildman–Crippen LogP) is 1.06. The van der Waals surface area contributed by atoms with Crippen molar-refractivity contribution in [1.29, 1.82) is 0 Å². The van der Waals surface area contributed by atoms with Crippen molar-refractivity contribution in [2.45, 2.75) is 38.8 Å². The first-order valence-corrected chi connectivity index (χ1v) is 4.58. The van der Waals surface area contributed by atoms with Gasteiger partial charge in [0.2, 0.25) is 0 Å². The van der Waals surface area contributed by atoms with Crippen LogP contribution in [0, 0.1) is 5.92 Å². The Morgan fingerprint density at radius 3 is 2.36 bits per heavy atom. The number of rotatable bonds is 2. The highest BCUT2D eigenvalue weighted by Crippen LogP contribution is 2.26. The fraction of sp³-hybridized carbons (Fsp3) is 1.00. The lowest BCUT2D eigenvalue weighted by Crippen LogP contribution is -2.39. The molecule has 0 aromatic rings. The van der Waals surface area contributed by atoms with E-state index < -0.39 is 0 Å². The van der Waals surface area contributed by atoms with Crippen molar-refractivity contribution < 1.29 is 0 Å². The minimum Gasteiger partial charge on any atom is -0.329 e. The van der Waals surface area contributed by atoms with Gasteiger partial charge < -0.3 is 5.73 Å². The van der Waals surface area contributed by atoms with Gasteiger partial charge in [0, 0.05) is 18.6 Å². The second-order valence-corrected chi connectivity index (χ2v) is 3.94. The van der Waals surface area contributed by atoms with Crippen molar-refractivity contribution in [3.8, 4) is 0 Å². The average molecular weight is 156 g/mol. The van der Waals surface area contributed by atoms with E-state index in [0.29, 0.717) is 6.04 Å². The molecule has 11 heavy (non-hydrogen) atoms. The van der Waals surface area contributed by atoms with Gasteiger partial charge in [-0.3, -0.25) is 4.90 Å². The zero-order chi connectivity index (χ0) is 8.43. The summed E-state index contributed by atoms with van der Waals surface area (Å²) in [6.07, 6.45) is 2.62. The lowest BCUT2D eigenvalue weighted by atomic mass is 10.0. The van der Waals surface area contributed by atoms with Crippen molar-refractivity contribution in [2.24, 2.45) is 11.7 Å². The number of likely N-dealkylation sites (N-methyl/N-ethyl adjacent to an activating group) is 1. The maximum absolute atomic E-state index is 5.64. The van der Waals surface area contributed by atoms with E-state index in [4.69, 9.17) is 5.73 Å². The van der Waals surface area contributed by atoms with E-state index in [-0.39, 0.29) is 0 Å².